The number of nitrogens with zero attached hydrogens (tertiary/aromatic N) is 1. The average molecular weight is 251 g/mol. The highest BCUT2D eigenvalue weighted by molar-refractivity contribution is 7.31. The minimum atomic E-state index is -0.0435. The van der Waals surface area contributed by atoms with Gasteiger partial charge in [-0.25, -0.2) is 0 Å². The van der Waals surface area contributed by atoms with E-state index in [1.807, 2.05) is 0 Å². The Bertz CT molecular complexity index is 164. The maximum absolute atomic E-state index is 9.39. The molecule has 0 heterocycles. The van der Waals surface area contributed by atoms with Gasteiger partial charge in [0.2, 0.25) is 0 Å². The minimum absolute atomic E-state index is 0.0324. The molecule has 1 aliphatic carbocycles. The van der Waals surface area contributed by atoms with E-state index in [4.69, 9.17) is 4.89 Å². The molecule has 15 heavy (non-hydrogen) atoms. The van der Waals surface area contributed by atoms with Crippen molar-refractivity contribution in [1.82, 2.24) is 4.90 Å². The molecule has 0 amide bonds. The zero-order chi connectivity index (χ0) is 11.1. The van der Waals surface area contributed by atoms with Gasteiger partial charge in [0, 0.05) is 21.4 Å². The van der Waals surface area contributed by atoms with Crippen LogP contribution in [0, 0.1) is 5.92 Å². The van der Waals surface area contributed by atoms with E-state index < -0.39 is 0 Å². The van der Waals surface area contributed by atoms with E-state index in [0.717, 1.165) is 37.9 Å². The highest BCUT2D eigenvalue weighted by atomic mass is 31.1. The average Bonchev–Trinajstić information content (AvgIpc) is 2.26. The van der Waals surface area contributed by atoms with E-state index in [-0.39, 0.29) is 14.9 Å². The summed E-state index contributed by atoms with van der Waals surface area (Å²) in [5.74, 6) is 0.787. The van der Waals surface area contributed by atoms with Crippen molar-refractivity contribution in [2.45, 2.75) is 38.2 Å². The van der Waals surface area contributed by atoms with Crippen LogP contribution in [0.5, 0.6) is 0 Å². The lowest BCUT2D eigenvalue weighted by molar-refractivity contribution is 0.104. The molecule has 0 radical (unpaired) electrons. The largest absolute Gasteiger partial charge is 0.393 e. The zero-order valence-corrected chi connectivity index (χ0v) is 11.4. The Morgan fingerprint density at radius 3 is 2.47 bits per heavy atom. The Hall–Kier alpha value is 0.740. The molecule has 3 nitrogen and oxygen atoms in total. The second-order valence-electron chi connectivity index (χ2n) is 4.36. The number of rotatable bonds is 6. The molecule has 2 atom stereocenters. The summed E-state index contributed by atoms with van der Waals surface area (Å²) in [4.78, 5) is 11.2. The van der Waals surface area contributed by atoms with Crippen molar-refractivity contribution < 1.29 is 10.00 Å². The molecule has 1 fully saturated rings. The van der Waals surface area contributed by atoms with Gasteiger partial charge in [-0.15, -0.1) is 9.24 Å². The molecule has 5 heteroatoms. The molecular formula is C10H23NO2P2. The van der Waals surface area contributed by atoms with Crippen molar-refractivity contribution in [3.63, 3.8) is 0 Å². The summed E-state index contributed by atoms with van der Waals surface area (Å²) in [5.41, 5.74) is 0. The summed E-state index contributed by atoms with van der Waals surface area (Å²) in [6, 6.07) is 0. The fourth-order valence-electron chi connectivity index (χ4n) is 2.13. The van der Waals surface area contributed by atoms with E-state index in [2.05, 4.69) is 14.1 Å². The maximum atomic E-state index is 9.39. The predicted octanol–water partition coefficient (Wildman–Crippen LogP) is 1.61. The Kier molecular flexibility index (Phi) is 7.29. The van der Waals surface area contributed by atoms with E-state index >= 15 is 0 Å². The summed E-state index contributed by atoms with van der Waals surface area (Å²) in [7, 11) is 2.75. The zero-order valence-electron chi connectivity index (χ0n) is 9.23. The third-order valence-electron chi connectivity index (χ3n) is 3.22. The van der Waals surface area contributed by atoms with Crippen LogP contribution in [0.1, 0.15) is 32.1 Å². The molecule has 1 saturated carbocycles. The van der Waals surface area contributed by atoms with Gasteiger partial charge in [-0.05, 0) is 44.6 Å². The molecule has 1 aliphatic rings. The minimum Gasteiger partial charge on any atom is -0.393 e. The van der Waals surface area contributed by atoms with Crippen molar-refractivity contribution in [2.24, 2.45) is 5.92 Å². The SMILES string of the molecule is OPCN(CP)CCC1CCC(O)CC1. The maximum Gasteiger partial charge on any atom is 0.0540 e. The van der Waals surface area contributed by atoms with Gasteiger partial charge in [-0.2, -0.15) is 0 Å². The lowest BCUT2D eigenvalue weighted by Crippen LogP contribution is -2.26. The van der Waals surface area contributed by atoms with Gasteiger partial charge in [-0.3, -0.25) is 4.90 Å². The second kappa shape index (κ2) is 7.92. The monoisotopic (exact) mass is 251 g/mol. The molecule has 0 spiro atoms. The van der Waals surface area contributed by atoms with Gasteiger partial charge in [-0.1, -0.05) is 0 Å². The Morgan fingerprint density at radius 2 is 1.93 bits per heavy atom. The van der Waals surface area contributed by atoms with Crippen LogP contribution in [0.4, 0.5) is 0 Å². The van der Waals surface area contributed by atoms with Crippen LogP contribution in [0.15, 0.2) is 0 Å². The lowest BCUT2D eigenvalue weighted by atomic mass is 9.85. The number of aliphatic hydroxyl groups is 1. The van der Waals surface area contributed by atoms with Gasteiger partial charge in [0.25, 0.3) is 0 Å². The Morgan fingerprint density at radius 1 is 1.27 bits per heavy atom. The standard InChI is InChI=1S/C10H23NO2P2/c12-10-3-1-9(2-4-10)5-6-11(7-14)8-15-13/h9-10,12-13,15H,1-8,14H2. The van der Waals surface area contributed by atoms with Crippen LogP contribution < -0.4 is 0 Å². The molecule has 0 aromatic heterocycles. The fraction of sp³-hybridized carbons (Fsp3) is 1.00. The number of aliphatic hydroxyl groups excluding tert-OH is 1. The first-order chi connectivity index (χ1) is 7.26. The van der Waals surface area contributed by atoms with Crippen LogP contribution in [0.3, 0.4) is 0 Å². The number of hydrogen-bond acceptors (Lipinski definition) is 3. The van der Waals surface area contributed by atoms with E-state index in [1.54, 1.807) is 0 Å². The number of hydrogen-bond donors (Lipinski definition) is 2. The fourth-order valence-corrected chi connectivity index (χ4v) is 3.19. The molecule has 0 aromatic rings. The second-order valence-corrected chi connectivity index (χ2v) is 5.35. The summed E-state index contributed by atoms with van der Waals surface area (Å²) >= 11 is 0. The summed E-state index contributed by atoms with van der Waals surface area (Å²) in [6.07, 6.45) is 7.23. The van der Waals surface area contributed by atoms with E-state index in [1.165, 1.54) is 19.3 Å². The molecule has 2 unspecified atom stereocenters. The summed E-state index contributed by atoms with van der Waals surface area (Å²) in [5, 5.41) is 9.39. The van der Waals surface area contributed by atoms with Gasteiger partial charge in [0.15, 0.2) is 0 Å². The lowest BCUT2D eigenvalue weighted by Gasteiger charge is -2.27. The summed E-state index contributed by atoms with van der Waals surface area (Å²) in [6.45, 7) is 1.08. The molecule has 0 saturated heterocycles. The van der Waals surface area contributed by atoms with Gasteiger partial charge in [0.1, 0.15) is 0 Å². The first-order valence-electron chi connectivity index (χ1n) is 5.73. The first-order valence-corrected chi connectivity index (χ1v) is 7.70. The summed E-state index contributed by atoms with van der Waals surface area (Å²) < 4.78 is 0. The van der Waals surface area contributed by atoms with Crippen molar-refractivity contribution in [3.05, 3.63) is 0 Å². The van der Waals surface area contributed by atoms with Crippen molar-refractivity contribution in [3.8, 4) is 0 Å². The molecule has 0 aliphatic heterocycles. The molecule has 1 rings (SSSR count). The quantitative estimate of drug-likeness (QED) is 0.705. The van der Waals surface area contributed by atoms with Gasteiger partial charge >= 0.3 is 0 Å². The molecule has 90 valence electrons. The molecule has 0 aromatic carbocycles. The van der Waals surface area contributed by atoms with E-state index in [9.17, 15) is 5.11 Å². The normalized spacial score (nSPS) is 28.0. The van der Waals surface area contributed by atoms with Crippen LogP contribution in [-0.4, -0.2) is 40.1 Å². The third-order valence-corrected chi connectivity index (χ3v) is 4.33. The predicted molar refractivity (Wildman–Crippen MR) is 69.3 cm³/mol. The van der Waals surface area contributed by atoms with Crippen molar-refractivity contribution in [2.75, 3.05) is 19.1 Å². The van der Waals surface area contributed by atoms with E-state index in [0.29, 0.717) is 0 Å². The molecule has 2 N–H and O–H groups in total. The van der Waals surface area contributed by atoms with Gasteiger partial charge in [0.05, 0.1) is 6.10 Å². The van der Waals surface area contributed by atoms with Crippen molar-refractivity contribution in [1.29, 1.82) is 0 Å². The van der Waals surface area contributed by atoms with Crippen LogP contribution in [0.2, 0.25) is 0 Å². The Balaban J connectivity index is 2.12. The van der Waals surface area contributed by atoms with Crippen LogP contribution in [0.25, 0.3) is 0 Å². The highest BCUT2D eigenvalue weighted by Gasteiger charge is 2.19. The third kappa shape index (κ3) is 5.56. The smallest absolute Gasteiger partial charge is 0.0540 e. The molecular weight excluding hydrogens is 228 g/mol. The first kappa shape index (κ1) is 13.8. The van der Waals surface area contributed by atoms with Crippen molar-refractivity contribution >= 4 is 18.0 Å². The highest BCUT2D eigenvalue weighted by Crippen LogP contribution is 2.27. The topological polar surface area (TPSA) is 43.7 Å². The molecule has 0 bridgehead atoms. The van der Waals surface area contributed by atoms with Crippen LogP contribution in [-0.2, 0) is 0 Å². The van der Waals surface area contributed by atoms with Gasteiger partial charge < -0.3 is 10.00 Å². The van der Waals surface area contributed by atoms with Crippen LogP contribution >= 0.6 is 18.0 Å². The Labute approximate surface area is 96.7 Å².